The third kappa shape index (κ3) is 3.68. The number of carbonyl (C=O) groups is 1. The predicted molar refractivity (Wildman–Crippen MR) is 113 cm³/mol. The van der Waals surface area contributed by atoms with Gasteiger partial charge in [0, 0.05) is 18.2 Å². The molecule has 150 valence electrons. The fraction of sp³-hybridized carbons (Fsp3) is 0.304. The van der Waals surface area contributed by atoms with Crippen LogP contribution in [0.1, 0.15) is 48.0 Å². The highest BCUT2D eigenvalue weighted by Crippen LogP contribution is 2.38. The highest BCUT2D eigenvalue weighted by Gasteiger charge is 2.42. The molecule has 0 radical (unpaired) electrons. The third-order valence-corrected chi connectivity index (χ3v) is 5.31. The molecule has 0 fully saturated rings. The molecule has 4 rings (SSSR count). The Balaban J connectivity index is 1.79. The van der Waals surface area contributed by atoms with E-state index in [0.717, 1.165) is 5.56 Å². The Labute approximate surface area is 173 Å². The molecule has 5 nitrogen and oxygen atoms in total. The summed E-state index contributed by atoms with van der Waals surface area (Å²) in [6.07, 6.45) is 0.789. The lowest BCUT2D eigenvalue weighted by molar-refractivity contribution is 0.0593. The van der Waals surface area contributed by atoms with Gasteiger partial charge in [0.25, 0.3) is 5.91 Å². The second-order valence-corrected chi connectivity index (χ2v) is 7.83. The van der Waals surface area contributed by atoms with Crippen LogP contribution in [0, 0.1) is 0 Å². The first-order chi connectivity index (χ1) is 14.0. The van der Waals surface area contributed by atoms with Gasteiger partial charge in [-0.2, -0.15) is 0 Å². The maximum atomic E-state index is 13.3. The molecule has 0 bridgehead atoms. The zero-order chi connectivity index (χ0) is 20.5. The van der Waals surface area contributed by atoms with Crippen molar-refractivity contribution in [3.63, 3.8) is 0 Å². The Morgan fingerprint density at radius 2 is 1.83 bits per heavy atom. The first kappa shape index (κ1) is 19.7. The van der Waals surface area contributed by atoms with Crippen LogP contribution in [0.5, 0.6) is 0 Å². The molecule has 1 aliphatic heterocycles. The van der Waals surface area contributed by atoms with E-state index in [1.54, 1.807) is 41.3 Å². The van der Waals surface area contributed by atoms with E-state index in [9.17, 15) is 9.59 Å². The topological polar surface area (TPSA) is 59.8 Å². The molecule has 0 N–H and O–H groups in total. The Bertz CT molecular complexity index is 1100. The summed E-state index contributed by atoms with van der Waals surface area (Å²) >= 11 is 6.05. The van der Waals surface area contributed by atoms with E-state index in [0.29, 0.717) is 41.1 Å². The minimum absolute atomic E-state index is 0.124. The molecular weight excluding hydrogens is 390 g/mol. The first-order valence-corrected chi connectivity index (χ1v) is 10.1. The van der Waals surface area contributed by atoms with E-state index in [1.165, 1.54) is 0 Å². The van der Waals surface area contributed by atoms with Gasteiger partial charge in [-0.3, -0.25) is 9.59 Å². The van der Waals surface area contributed by atoms with Gasteiger partial charge in [0.1, 0.15) is 5.58 Å². The van der Waals surface area contributed by atoms with E-state index in [4.69, 9.17) is 20.8 Å². The molecule has 0 aliphatic carbocycles. The number of benzene rings is 2. The normalized spacial score (nSPS) is 16.1. The number of para-hydroxylation sites is 1. The number of carbonyl (C=O) groups excluding carboxylic acids is 1. The molecule has 0 saturated heterocycles. The summed E-state index contributed by atoms with van der Waals surface area (Å²) in [5.41, 5.74) is 1.47. The van der Waals surface area contributed by atoms with E-state index >= 15 is 0 Å². The second kappa shape index (κ2) is 8.01. The number of hydrogen-bond donors (Lipinski definition) is 0. The van der Waals surface area contributed by atoms with Crippen LogP contribution in [-0.2, 0) is 4.74 Å². The zero-order valence-corrected chi connectivity index (χ0v) is 17.1. The van der Waals surface area contributed by atoms with E-state index in [-0.39, 0.29) is 23.2 Å². The molecule has 0 saturated carbocycles. The molecule has 0 unspecified atom stereocenters. The van der Waals surface area contributed by atoms with Gasteiger partial charge in [-0.05, 0) is 50.1 Å². The smallest absolute Gasteiger partial charge is 0.290 e. The van der Waals surface area contributed by atoms with Crippen molar-refractivity contribution in [1.29, 1.82) is 0 Å². The fourth-order valence-corrected chi connectivity index (χ4v) is 3.87. The van der Waals surface area contributed by atoms with Gasteiger partial charge >= 0.3 is 0 Å². The summed E-state index contributed by atoms with van der Waals surface area (Å²) in [5, 5.41) is 1.07. The highest BCUT2D eigenvalue weighted by molar-refractivity contribution is 6.30. The van der Waals surface area contributed by atoms with Crippen LogP contribution in [0.2, 0.25) is 5.02 Å². The number of rotatable bonds is 6. The highest BCUT2D eigenvalue weighted by atomic mass is 35.5. The van der Waals surface area contributed by atoms with Crippen LogP contribution in [0.25, 0.3) is 11.0 Å². The molecule has 1 aliphatic rings. The SMILES string of the molecule is CC(C)OCCCN1C(=O)c2oc3ccccc3c(=O)c2[C@H]1c1ccc(Cl)cc1. The molecule has 2 aromatic carbocycles. The second-order valence-electron chi connectivity index (χ2n) is 7.40. The van der Waals surface area contributed by atoms with Gasteiger partial charge in [0.05, 0.1) is 23.1 Å². The Morgan fingerprint density at radius 3 is 2.55 bits per heavy atom. The minimum atomic E-state index is -0.505. The summed E-state index contributed by atoms with van der Waals surface area (Å²) < 4.78 is 11.5. The summed E-state index contributed by atoms with van der Waals surface area (Å²) in [4.78, 5) is 28.2. The Hall–Kier alpha value is -2.63. The summed E-state index contributed by atoms with van der Waals surface area (Å²) in [5.74, 6) is -0.147. The average molecular weight is 412 g/mol. The quantitative estimate of drug-likeness (QED) is 0.546. The standard InChI is InChI=1S/C23H22ClNO4/c1-14(2)28-13-5-12-25-20(15-8-10-16(24)11-9-15)19-21(26)17-6-3-4-7-18(17)29-22(19)23(25)27/h3-4,6-11,14,20H,5,12-13H2,1-2H3/t20-/m1/s1. The van der Waals surface area contributed by atoms with Crippen LogP contribution in [0.3, 0.4) is 0 Å². The minimum Gasteiger partial charge on any atom is -0.450 e. The molecule has 1 atom stereocenters. The summed E-state index contributed by atoms with van der Waals surface area (Å²) in [6, 6.07) is 13.7. The Kier molecular flexibility index (Phi) is 5.43. The largest absolute Gasteiger partial charge is 0.450 e. The van der Waals surface area contributed by atoms with Crippen molar-refractivity contribution < 1.29 is 13.9 Å². The number of ether oxygens (including phenoxy) is 1. The fourth-order valence-electron chi connectivity index (χ4n) is 3.74. The monoisotopic (exact) mass is 411 g/mol. The van der Waals surface area contributed by atoms with Crippen LogP contribution in [0.4, 0.5) is 0 Å². The average Bonchev–Trinajstić information content (AvgIpc) is 2.98. The third-order valence-electron chi connectivity index (χ3n) is 5.05. The molecular formula is C23H22ClNO4. The van der Waals surface area contributed by atoms with E-state index in [2.05, 4.69) is 0 Å². The molecule has 3 aromatic rings. The van der Waals surface area contributed by atoms with Gasteiger partial charge in [-0.15, -0.1) is 0 Å². The maximum absolute atomic E-state index is 13.3. The van der Waals surface area contributed by atoms with Crippen LogP contribution in [-0.4, -0.2) is 30.1 Å². The summed E-state index contributed by atoms with van der Waals surface area (Å²) in [7, 11) is 0. The molecule has 29 heavy (non-hydrogen) atoms. The summed E-state index contributed by atoms with van der Waals surface area (Å²) in [6.45, 7) is 4.94. The number of halogens is 1. The van der Waals surface area contributed by atoms with Crippen molar-refractivity contribution in [2.45, 2.75) is 32.4 Å². The van der Waals surface area contributed by atoms with Crippen molar-refractivity contribution in [3.8, 4) is 0 Å². The van der Waals surface area contributed by atoms with E-state index in [1.807, 2.05) is 26.0 Å². The number of fused-ring (bicyclic) bond motifs is 2. The molecule has 0 spiro atoms. The molecule has 2 heterocycles. The van der Waals surface area contributed by atoms with Gasteiger partial charge in [-0.1, -0.05) is 35.9 Å². The lowest BCUT2D eigenvalue weighted by Crippen LogP contribution is -2.31. The van der Waals surface area contributed by atoms with E-state index < -0.39 is 6.04 Å². The van der Waals surface area contributed by atoms with Gasteiger partial charge in [-0.25, -0.2) is 0 Å². The van der Waals surface area contributed by atoms with Gasteiger partial charge in [0.2, 0.25) is 5.76 Å². The van der Waals surface area contributed by atoms with Gasteiger partial charge in [0.15, 0.2) is 5.43 Å². The number of amides is 1. The van der Waals surface area contributed by atoms with Crippen molar-refractivity contribution >= 4 is 28.5 Å². The van der Waals surface area contributed by atoms with Crippen LogP contribution >= 0.6 is 11.6 Å². The molecule has 6 heteroatoms. The lowest BCUT2D eigenvalue weighted by Gasteiger charge is -2.25. The first-order valence-electron chi connectivity index (χ1n) is 9.71. The van der Waals surface area contributed by atoms with Crippen LogP contribution < -0.4 is 5.43 Å². The number of hydrogen-bond acceptors (Lipinski definition) is 4. The van der Waals surface area contributed by atoms with Crippen LogP contribution in [0.15, 0.2) is 57.7 Å². The zero-order valence-electron chi connectivity index (χ0n) is 16.4. The lowest BCUT2D eigenvalue weighted by atomic mass is 9.98. The molecule has 1 amide bonds. The maximum Gasteiger partial charge on any atom is 0.290 e. The molecule has 1 aromatic heterocycles. The number of nitrogens with zero attached hydrogens (tertiary/aromatic N) is 1. The van der Waals surface area contributed by atoms with Crippen molar-refractivity contribution in [2.24, 2.45) is 0 Å². The predicted octanol–water partition coefficient (Wildman–Crippen LogP) is 4.81. The van der Waals surface area contributed by atoms with Crippen molar-refractivity contribution in [1.82, 2.24) is 4.90 Å². The Morgan fingerprint density at radius 1 is 1.10 bits per heavy atom. The van der Waals surface area contributed by atoms with Crippen molar-refractivity contribution in [3.05, 3.63) is 80.7 Å². The van der Waals surface area contributed by atoms with Gasteiger partial charge < -0.3 is 14.1 Å². The van der Waals surface area contributed by atoms with Crippen molar-refractivity contribution in [2.75, 3.05) is 13.2 Å².